The van der Waals surface area contributed by atoms with E-state index in [0.29, 0.717) is 37.2 Å². The van der Waals surface area contributed by atoms with Gasteiger partial charge >= 0.3 is 0 Å². The largest absolute Gasteiger partial charge is 0.384 e. The predicted molar refractivity (Wildman–Crippen MR) is 104 cm³/mol. The predicted octanol–water partition coefficient (Wildman–Crippen LogP) is 2.14. The average molecular weight is 381 g/mol. The highest BCUT2D eigenvalue weighted by Crippen LogP contribution is 2.26. The molecule has 144 valence electrons. The van der Waals surface area contributed by atoms with E-state index in [-0.39, 0.29) is 17.5 Å². The summed E-state index contributed by atoms with van der Waals surface area (Å²) in [4.78, 5) is 23.2. The van der Waals surface area contributed by atoms with E-state index in [1.165, 1.54) is 22.8 Å². The van der Waals surface area contributed by atoms with E-state index in [2.05, 4.69) is 4.98 Å². The molecular formula is C20H20FN5O2. The molecule has 0 bridgehead atoms. The van der Waals surface area contributed by atoms with Gasteiger partial charge in [0.1, 0.15) is 17.7 Å². The van der Waals surface area contributed by atoms with Crippen LogP contribution in [0.15, 0.2) is 53.5 Å². The van der Waals surface area contributed by atoms with Gasteiger partial charge in [-0.3, -0.25) is 9.36 Å². The third-order valence-corrected chi connectivity index (χ3v) is 4.78. The standard InChI is InChI=1S/C20H20FN5O2/c1-25-19(27)11-16(14-6-7-23-18(22)10-14)24-20(25)26-8-9-28-17(12-26)13-2-4-15(21)5-3-13/h2-7,10-11,17H,8-9,12H2,1H3,(H2,22,23)/t17-/m1/s1. The van der Waals surface area contributed by atoms with Crippen LogP contribution in [0.3, 0.4) is 0 Å². The normalized spacial score (nSPS) is 16.9. The van der Waals surface area contributed by atoms with Crippen LogP contribution in [-0.2, 0) is 11.8 Å². The van der Waals surface area contributed by atoms with E-state index in [0.717, 1.165) is 11.1 Å². The van der Waals surface area contributed by atoms with Gasteiger partial charge in [-0.2, -0.15) is 0 Å². The first-order chi connectivity index (χ1) is 13.5. The molecule has 0 saturated carbocycles. The van der Waals surface area contributed by atoms with Crippen molar-refractivity contribution in [2.24, 2.45) is 7.05 Å². The van der Waals surface area contributed by atoms with E-state index < -0.39 is 0 Å². The van der Waals surface area contributed by atoms with Crippen molar-refractivity contribution in [2.75, 3.05) is 30.3 Å². The third-order valence-electron chi connectivity index (χ3n) is 4.78. The number of pyridine rings is 1. The highest BCUT2D eigenvalue weighted by molar-refractivity contribution is 5.63. The van der Waals surface area contributed by atoms with Crippen molar-refractivity contribution >= 4 is 11.8 Å². The van der Waals surface area contributed by atoms with E-state index in [1.807, 2.05) is 4.90 Å². The average Bonchev–Trinajstić information content (AvgIpc) is 2.70. The first-order valence-electron chi connectivity index (χ1n) is 8.93. The maximum atomic E-state index is 13.2. The Balaban J connectivity index is 1.68. The molecule has 3 aromatic rings. The van der Waals surface area contributed by atoms with Gasteiger partial charge in [0.15, 0.2) is 0 Å². The summed E-state index contributed by atoms with van der Waals surface area (Å²) in [6, 6.07) is 11.2. The van der Waals surface area contributed by atoms with E-state index in [1.54, 1.807) is 37.5 Å². The monoisotopic (exact) mass is 381 g/mol. The fraction of sp³-hybridized carbons (Fsp3) is 0.250. The zero-order chi connectivity index (χ0) is 19.7. The van der Waals surface area contributed by atoms with Crippen molar-refractivity contribution in [3.8, 4) is 11.3 Å². The number of nitrogen functional groups attached to an aromatic ring is 1. The van der Waals surface area contributed by atoms with Crippen LogP contribution in [0.1, 0.15) is 11.7 Å². The summed E-state index contributed by atoms with van der Waals surface area (Å²) in [7, 11) is 1.69. The van der Waals surface area contributed by atoms with Gasteiger partial charge in [-0.05, 0) is 29.8 Å². The number of halogens is 1. The topological polar surface area (TPSA) is 86.3 Å². The Morgan fingerprint density at radius 3 is 2.75 bits per heavy atom. The Bertz CT molecular complexity index is 1050. The molecule has 2 aromatic heterocycles. The molecule has 0 radical (unpaired) electrons. The molecule has 1 aliphatic rings. The SMILES string of the molecule is Cn1c(N2CCO[C@@H](c3ccc(F)cc3)C2)nc(-c2ccnc(N)c2)cc1=O. The molecule has 1 saturated heterocycles. The minimum absolute atomic E-state index is 0.166. The molecule has 8 heteroatoms. The quantitative estimate of drug-likeness (QED) is 0.748. The molecule has 2 N–H and O–H groups in total. The van der Waals surface area contributed by atoms with E-state index >= 15 is 0 Å². The van der Waals surface area contributed by atoms with Gasteiger partial charge in [0.2, 0.25) is 5.95 Å². The van der Waals surface area contributed by atoms with Crippen molar-refractivity contribution in [1.82, 2.24) is 14.5 Å². The summed E-state index contributed by atoms with van der Waals surface area (Å²) in [6.07, 6.45) is 1.36. The van der Waals surface area contributed by atoms with Gasteiger partial charge in [0.05, 0.1) is 18.8 Å². The molecule has 0 amide bonds. The fourth-order valence-corrected chi connectivity index (χ4v) is 3.28. The van der Waals surface area contributed by atoms with Crippen molar-refractivity contribution < 1.29 is 9.13 Å². The van der Waals surface area contributed by atoms with Crippen LogP contribution >= 0.6 is 0 Å². The summed E-state index contributed by atoms with van der Waals surface area (Å²) in [5, 5.41) is 0. The molecule has 1 aromatic carbocycles. The van der Waals surface area contributed by atoms with Crippen LogP contribution in [0.5, 0.6) is 0 Å². The second kappa shape index (κ2) is 7.40. The first-order valence-corrected chi connectivity index (χ1v) is 8.93. The molecule has 3 heterocycles. The van der Waals surface area contributed by atoms with Gasteiger partial charge in [-0.25, -0.2) is 14.4 Å². The molecule has 0 spiro atoms. The van der Waals surface area contributed by atoms with E-state index in [4.69, 9.17) is 15.5 Å². The Morgan fingerprint density at radius 1 is 1.21 bits per heavy atom. The fourth-order valence-electron chi connectivity index (χ4n) is 3.28. The maximum absolute atomic E-state index is 13.2. The molecule has 0 unspecified atom stereocenters. The number of hydrogen-bond donors (Lipinski definition) is 1. The van der Waals surface area contributed by atoms with Crippen molar-refractivity contribution in [1.29, 1.82) is 0 Å². The summed E-state index contributed by atoms with van der Waals surface area (Å²) >= 11 is 0. The van der Waals surface area contributed by atoms with Crippen LogP contribution in [0.4, 0.5) is 16.2 Å². The summed E-state index contributed by atoms with van der Waals surface area (Å²) in [6.45, 7) is 1.58. The molecule has 1 atom stereocenters. The van der Waals surface area contributed by atoms with Crippen molar-refractivity contribution in [2.45, 2.75) is 6.10 Å². The van der Waals surface area contributed by atoms with Crippen LogP contribution in [0.25, 0.3) is 11.3 Å². The Kier molecular flexibility index (Phi) is 4.79. The number of nitrogens with zero attached hydrogens (tertiary/aromatic N) is 4. The van der Waals surface area contributed by atoms with Crippen LogP contribution in [0, 0.1) is 5.82 Å². The minimum Gasteiger partial charge on any atom is -0.384 e. The lowest BCUT2D eigenvalue weighted by molar-refractivity contribution is 0.0389. The highest BCUT2D eigenvalue weighted by Gasteiger charge is 2.25. The highest BCUT2D eigenvalue weighted by atomic mass is 19.1. The lowest BCUT2D eigenvalue weighted by atomic mass is 10.1. The Hall–Kier alpha value is -3.26. The van der Waals surface area contributed by atoms with Crippen molar-refractivity contribution in [3.63, 3.8) is 0 Å². The molecule has 1 fully saturated rings. The number of aromatic nitrogens is 3. The molecule has 0 aliphatic carbocycles. The summed E-state index contributed by atoms with van der Waals surface area (Å²) < 4.78 is 20.6. The van der Waals surface area contributed by atoms with Gasteiger partial charge in [0.25, 0.3) is 5.56 Å². The molecule has 28 heavy (non-hydrogen) atoms. The second-order valence-corrected chi connectivity index (χ2v) is 6.67. The summed E-state index contributed by atoms with van der Waals surface area (Å²) in [5.74, 6) is 0.627. The molecule has 7 nitrogen and oxygen atoms in total. The van der Waals surface area contributed by atoms with Crippen molar-refractivity contribution in [3.05, 3.63) is 70.4 Å². The molecular weight excluding hydrogens is 361 g/mol. The number of anilines is 2. The number of nitrogens with two attached hydrogens (primary N) is 1. The third kappa shape index (κ3) is 3.59. The van der Waals surface area contributed by atoms with Gasteiger partial charge < -0.3 is 15.4 Å². The molecule has 1 aliphatic heterocycles. The van der Waals surface area contributed by atoms with Gasteiger partial charge in [0, 0.05) is 31.4 Å². The lowest BCUT2D eigenvalue weighted by Gasteiger charge is -2.34. The number of hydrogen-bond acceptors (Lipinski definition) is 6. The zero-order valence-corrected chi connectivity index (χ0v) is 15.4. The molecule has 4 rings (SSSR count). The van der Waals surface area contributed by atoms with Crippen LogP contribution < -0.4 is 16.2 Å². The Labute approximate surface area is 161 Å². The lowest BCUT2D eigenvalue weighted by Crippen LogP contribution is -2.41. The zero-order valence-electron chi connectivity index (χ0n) is 15.4. The number of ether oxygens (including phenoxy) is 1. The number of benzene rings is 1. The maximum Gasteiger partial charge on any atom is 0.255 e. The summed E-state index contributed by atoms with van der Waals surface area (Å²) in [5.41, 5.74) is 7.75. The minimum atomic E-state index is -0.287. The van der Waals surface area contributed by atoms with Crippen LogP contribution in [0.2, 0.25) is 0 Å². The van der Waals surface area contributed by atoms with Gasteiger partial charge in [-0.15, -0.1) is 0 Å². The first kappa shape index (κ1) is 18.1. The van der Waals surface area contributed by atoms with E-state index in [9.17, 15) is 9.18 Å². The smallest absolute Gasteiger partial charge is 0.255 e. The Morgan fingerprint density at radius 2 is 2.00 bits per heavy atom. The second-order valence-electron chi connectivity index (χ2n) is 6.67. The van der Waals surface area contributed by atoms with Gasteiger partial charge in [-0.1, -0.05) is 12.1 Å². The van der Waals surface area contributed by atoms with Crippen LogP contribution in [-0.4, -0.2) is 34.2 Å². The number of rotatable bonds is 3. The number of morpholine rings is 1.